The van der Waals surface area contributed by atoms with Crippen LogP contribution in [0.5, 0.6) is 0 Å². The van der Waals surface area contributed by atoms with E-state index in [1.807, 2.05) is 36.4 Å². The van der Waals surface area contributed by atoms with E-state index in [0.29, 0.717) is 11.2 Å². The first-order chi connectivity index (χ1) is 20.1. The minimum atomic E-state index is -1.01. The molecule has 2 amide bonds. The molecule has 218 valence electrons. The van der Waals surface area contributed by atoms with Crippen molar-refractivity contribution in [3.8, 4) is 11.1 Å². The highest BCUT2D eigenvalue weighted by molar-refractivity contribution is 5.93. The zero-order chi connectivity index (χ0) is 29.9. The lowest BCUT2D eigenvalue weighted by Crippen LogP contribution is -2.33. The highest BCUT2D eigenvalue weighted by Gasteiger charge is 2.29. The second kappa shape index (κ2) is 11.9. The fraction of sp³-hybridized carbons (Fsp3) is 0.333. The number of carbonyl (C=O) groups is 3. The fourth-order valence-corrected chi connectivity index (χ4v) is 5.11. The lowest BCUT2D eigenvalue weighted by atomic mass is 9.98. The number of carboxylic acid groups (broad SMARTS) is 1. The molecule has 12 nitrogen and oxygen atoms in total. The van der Waals surface area contributed by atoms with Crippen molar-refractivity contribution in [3.63, 3.8) is 0 Å². The van der Waals surface area contributed by atoms with Gasteiger partial charge in [0.2, 0.25) is 0 Å². The van der Waals surface area contributed by atoms with Crippen LogP contribution in [0.4, 0.5) is 15.4 Å². The van der Waals surface area contributed by atoms with Gasteiger partial charge in [-0.3, -0.25) is 10.1 Å². The van der Waals surface area contributed by atoms with Crippen molar-refractivity contribution in [1.82, 2.24) is 24.8 Å². The molecule has 1 atom stereocenters. The maximum atomic E-state index is 12.7. The van der Waals surface area contributed by atoms with E-state index in [2.05, 4.69) is 37.7 Å². The smallest absolute Gasteiger partial charge is 0.413 e. The first-order valence-corrected chi connectivity index (χ1v) is 13.6. The maximum Gasteiger partial charge on any atom is 0.413 e. The van der Waals surface area contributed by atoms with Crippen LogP contribution in [0.3, 0.4) is 0 Å². The molecule has 0 radical (unpaired) electrons. The van der Waals surface area contributed by atoms with Crippen LogP contribution in [0.15, 0.2) is 61.2 Å². The minimum absolute atomic E-state index is 0.0523. The van der Waals surface area contributed by atoms with Gasteiger partial charge in [-0.1, -0.05) is 48.5 Å². The zero-order valence-corrected chi connectivity index (χ0v) is 23.5. The van der Waals surface area contributed by atoms with Crippen molar-refractivity contribution in [2.24, 2.45) is 5.92 Å². The predicted molar refractivity (Wildman–Crippen MR) is 154 cm³/mol. The van der Waals surface area contributed by atoms with Gasteiger partial charge in [0.1, 0.15) is 18.5 Å². The molecule has 0 bridgehead atoms. The number of nitrogens with zero attached hydrogens (tertiary/aromatic N) is 4. The summed E-state index contributed by atoms with van der Waals surface area (Å²) in [5.74, 6) is -1.43. The van der Waals surface area contributed by atoms with E-state index >= 15 is 0 Å². The number of carboxylic acids is 1. The van der Waals surface area contributed by atoms with Gasteiger partial charge < -0.3 is 24.5 Å². The van der Waals surface area contributed by atoms with Crippen LogP contribution >= 0.6 is 0 Å². The van der Waals surface area contributed by atoms with Crippen LogP contribution in [-0.4, -0.2) is 61.5 Å². The van der Waals surface area contributed by atoms with Crippen LogP contribution in [0.25, 0.3) is 22.3 Å². The number of carbonyl (C=O) groups excluding carboxylic acids is 2. The summed E-state index contributed by atoms with van der Waals surface area (Å²) in [4.78, 5) is 49.2. The molecule has 0 aliphatic heterocycles. The average Bonchev–Trinajstić information content (AvgIpc) is 3.49. The highest BCUT2D eigenvalue weighted by Crippen LogP contribution is 2.44. The van der Waals surface area contributed by atoms with Gasteiger partial charge in [0.05, 0.1) is 12.7 Å². The van der Waals surface area contributed by atoms with Gasteiger partial charge in [-0.15, -0.1) is 0 Å². The van der Waals surface area contributed by atoms with E-state index in [1.54, 1.807) is 25.3 Å². The third-order valence-corrected chi connectivity index (χ3v) is 6.82. The van der Waals surface area contributed by atoms with Crippen molar-refractivity contribution in [2.75, 3.05) is 18.5 Å². The number of hydrogen-bond donors (Lipinski definition) is 3. The minimum Gasteiger partial charge on any atom is -0.481 e. The largest absolute Gasteiger partial charge is 0.481 e. The van der Waals surface area contributed by atoms with E-state index in [0.717, 1.165) is 22.3 Å². The fourth-order valence-electron chi connectivity index (χ4n) is 5.11. The van der Waals surface area contributed by atoms with E-state index < -0.39 is 29.7 Å². The molecular weight excluding hydrogens is 540 g/mol. The number of aromatic nitrogens is 4. The quantitative estimate of drug-likeness (QED) is 0.256. The van der Waals surface area contributed by atoms with Crippen molar-refractivity contribution in [1.29, 1.82) is 0 Å². The van der Waals surface area contributed by atoms with Crippen LogP contribution < -0.4 is 10.6 Å². The standard InChI is InChI=1S/C30H32N6O6/c1-30(2,3)42-29(40)35-26-25-27(33-16-32-26)36(17-34-25)14-18(12-24(37)38)13-31-28(39)41-15-23-21-10-6-4-8-19(21)20-9-5-7-11-22(20)23/h4-11,16-18,23H,12-15H2,1-3H3,(H,31,39)(H,37,38)(H,32,33,35,40)/t18-/m1/s1. The number of amides is 2. The monoisotopic (exact) mass is 572 g/mol. The third kappa shape index (κ3) is 6.48. The number of benzene rings is 2. The van der Waals surface area contributed by atoms with Crippen molar-refractivity contribution < 1.29 is 29.0 Å². The van der Waals surface area contributed by atoms with Gasteiger partial charge in [0, 0.05) is 24.9 Å². The molecule has 42 heavy (non-hydrogen) atoms. The molecule has 2 aromatic carbocycles. The lowest BCUT2D eigenvalue weighted by molar-refractivity contribution is -0.138. The Morgan fingerprint density at radius 3 is 2.29 bits per heavy atom. The van der Waals surface area contributed by atoms with Crippen LogP contribution in [0, 0.1) is 5.92 Å². The number of imidazole rings is 1. The third-order valence-electron chi connectivity index (χ3n) is 6.82. The molecule has 3 N–H and O–H groups in total. The predicted octanol–water partition coefficient (Wildman–Crippen LogP) is 4.80. The number of aliphatic carboxylic acids is 1. The van der Waals surface area contributed by atoms with Gasteiger partial charge in [0.15, 0.2) is 17.0 Å². The molecule has 2 aromatic heterocycles. The first kappa shape index (κ1) is 28.5. The molecule has 1 aliphatic carbocycles. The Kier molecular flexibility index (Phi) is 8.05. The summed E-state index contributed by atoms with van der Waals surface area (Å²) >= 11 is 0. The Hall–Kier alpha value is -5.00. The summed E-state index contributed by atoms with van der Waals surface area (Å²) < 4.78 is 12.5. The summed E-state index contributed by atoms with van der Waals surface area (Å²) in [5, 5.41) is 14.8. The van der Waals surface area contributed by atoms with Crippen molar-refractivity contribution >= 4 is 35.1 Å². The summed E-state index contributed by atoms with van der Waals surface area (Å²) in [7, 11) is 0. The lowest BCUT2D eigenvalue weighted by Gasteiger charge is -2.19. The Labute approximate surface area is 242 Å². The van der Waals surface area contributed by atoms with Crippen molar-refractivity contribution in [2.45, 2.75) is 45.3 Å². The van der Waals surface area contributed by atoms with E-state index in [4.69, 9.17) is 9.47 Å². The summed E-state index contributed by atoms with van der Waals surface area (Å²) in [5.41, 5.74) is 4.48. The van der Waals surface area contributed by atoms with E-state index in [9.17, 15) is 19.5 Å². The van der Waals surface area contributed by atoms with E-state index in [1.165, 1.54) is 12.7 Å². The number of alkyl carbamates (subject to hydrolysis) is 1. The first-order valence-electron chi connectivity index (χ1n) is 13.6. The van der Waals surface area contributed by atoms with Gasteiger partial charge in [-0.05, 0) is 43.0 Å². The van der Waals surface area contributed by atoms with E-state index in [-0.39, 0.29) is 37.9 Å². The molecule has 2 heterocycles. The normalized spacial score (nSPS) is 13.2. The maximum absolute atomic E-state index is 12.7. The second-order valence-corrected chi connectivity index (χ2v) is 11.1. The van der Waals surface area contributed by atoms with Gasteiger partial charge >= 0.3 is 18.2 Å². The Morgan fingerprint density at radius 1 is 0.976 bits per heavy atom. The molecule has 5 rings (SSSR count). The molecule has 1 aliphatic rings. The number of fused-ring (bicyclic) bond motifs is 4. The number of nitrogens with one attached hydrogen (secondary N) is 2. The molecular formula is C30H32N6O6. The van der Waals surface area contributed by atoms with Gasteiger partial charge in [-0.2, -0.15) is 0 Å². The zero-order valence-electron chi connectivity index (χ0n) is 23.5. The number of anilines is 1. The molecule has 4 aromatic rings. The Morgan fingerprint density at radius 2 is 1.64 bits per heavy atom. The SMILES string of the molecule is CC(C)(C)OC(=O)Nc1ncnc2c1ncn2C[C@@H](CNC(=O)OCC1c2ccccc2-c2ccccc21)CC(=O)O. The summed E-state index contributed by atoms with van der Waals surface area (Å²) in [6, 6.07) is 16.1. The molecule has 0 saturated heterocycles. The number of hydrogen-bond acceptors (Lipinski definition) is 8. The summed E-state index contributed by atoms with van der Waals surface area (Å²) in [6.45, 7) is 5.63. The number of rotatable bonds is 9. The topological polar surface area (TPSA) is 158 Å². The second-order valence-electron chi connectivity index (χ2n) is 11.1. The molecule has 12 heteroatoms. The van der Waals surface area contributed by atoms with Gasteiger partial charge in [-0.25, -0.2) is 24.5 Å². The van der Waals surface area contributed by atoms with Crippen molar-refractivity contribution in [3.05, 3.63) is 72.3 Å². The molecule has 0 unspecified atom stereocenters. The highest BCUT2D eigenvalue weighted by atomic mass is 16.6. The Balaban J connectivity index is 1.22. The van der Waals surface area contributed by atoms with Crippen LogP contribution in [-0.2, 0) is 20.8 Å². The molecule has 0 spiro atoms. The van der Waals surface area contributed by atoms with Gasteiger partial charge in [0.25, 0.3) is 0 Å². The van der Waals surface area contributed by atoms with Crippen LogP contribution in [0.1, 0.15) is 44.2 Å². The molecule has 0 saturated carbocycles. The average molecular weight is 573 g/mol. The molecule has 0 fully saturated rings. The number of ether oxygens (including phenoxy) is 2. The van der Waals surface area contributed by atoms with Crippen LogP contribution in [0.2, 0.25) is 0 Å². The Bertz CT molecular complexity index is 1580. The summed E-state index contributed by atoms with van der Waals surface area (Å²) in [6.07, 6.45) is 1.23.